The molecular weight excluding hydrogens is 292 g/mol. The van der Waals surface area contributed by atoms with Gasteiger partial charge in [-0.1, -0.05) is 116 Å². The van der Waals surface area contributed by atoms with Crippen LogP contribution < -0.4 is 11.5 Å². The Morgan fingerprint density at radius 1 is 0.500 bits per heavy atom. The fourth-order valence-electron chi connectivity index (χ4n) is 3.31. The molecule has 0 aliphatic carbocycles. The lowest BCUT2D eigenvalue weighted by Gasteiger charge is -2.03. The van der Waals surface area contributed by atoms with Crippen LogP contribution in [0.1, 0.15) is 129 Å². The van der Waals surface area contributed by atoms with Crippen molar-refractivity contribution in [2.75, 3.05) is 0 Å². The zero-order valence-electron chi connectivity index (χ0n) is 16.7. The van der Waals surface area contributed by atoms with E-state index < -0.39 is 0 Å². The van der Waals surface area contributed by atoms with E-state index in [1.54, 1.807) is 0 Å². The molecule has 2 nitrogen and oxygen atoms in total. The van der Waals surface area contributed by atoms with E-state index in [0.29, 0.717) is 5.82 Å². The summed E-state index contributed by atoms with van der Waals surface area (Å²) >= 11 is 0. The van der Waals surface area contributed by atoms with Gasteiger partial charge in [0.05, 0.1) is 5.82 Å². The average Bonchev–Trinajstić information content (AvgIpc) is 2.56. The standard InChI is InChI=1S/C22H46N2/c1-2-3-4-5-6-7-8-9-10-11-12-13-14-15-16-17-18-19-20-21-22(23)24/h21H,2-20,23-24H2,1H3. The highest BCUT2D eigenvalue weighted by Gasteiger charge is 1.95. The zero-order valence-corrected chi connectivity index (χ0v) is 16.7. The molecule has 0 saturated carbocycles. The lowest BCUT2D eigenvalue weighted by atomic mass is 10.0. The summed E-state index contributed by atoms with van der Waals surface area (Å²) in [6.07, 6.45) is 28.6. The van der Waals surface area contributed by atoms with E-state index >= 15 is 0 Å². The van der Waals surface area contributed by atoms with Gasteiger partial charge in [0, 0.05) is 0 Å². The van der Waals surface area contributed by atoms with Crippen LogP contribution in [-0.2, 0) is 0 Å². The smallest absolute Gasteiger partial charge is 0.0892 e. The molecule has 2 heteroatoms. The largest absolute Gasteiger partial charge is 0.386 e. The molecule has 0 saturated heterocycles. The zero-order chi connectivity index (χ0) is 17.7. The molecule has 0 radical (unpaired) electrons. The van der Waals surface area contributed by atoms with Crippen LogP contribution in [0.2, 0.25) is 0 Å². The Morgan fingerprint density at radius 2 is 0.792 bits per heavy atom. The Kier molecular flexibility index (Phi) is 19.8. The maximum atomic E-state index is 5.41. The molecule has 0 spiro atoms. The third kappa shape index (κ3) is 21.3. The molecule has 0 aliphatic rings. The molecule has 0 aromatic rings. The van der Waals surface area contributed by atoms with Gasteiger partial charge in [0.15, 0.2) is 0 Å². The van der Waals surface area contributed by atoms with Crippen LogP contribution in [0.15, 0.2) is 11.9 Å². The topological polar surface area (TPSA) is 52.0 Å². The first-order valence-corrected chi connectivity index (χ1v) is 11.0. The van der Waals surface area contributed by atoms with Crippen molar-refractivity contribution in [1.82, 2.24) is 0 Å². The number of hydrogen-bond acceptors (Lipinski definition) is 2. The molecule has 0 amide bonds. The maximum Gasteiger partial charge on any atom is 0.0892 e. The molecule has 0 bridgehead atoms. The normalized spacial score (nSPS) is 10.9. The van der Waals surface area contributed by atoms with E-state index in [1.165, 1.54) is 116 Å². The van der Waals surface area contributed by atoms with Gasteiger partial charge in [0.25, 0.3) is 0 Å². The summed E-state index contributed by atoms with van der Waals surface area (Å²) in [4.78, 5) is 0. The van der Waals surface area contributed by atoms with Crippen LogP contribution in [0, 0.1) is 0 Å². The van der Waals surface area contributed by atoms with E-state index in [0.717, 1.165) is 6.42 Å². The molecule has 0 aliphatic heterocycles. The predicted octanol–water partition coefficient (Wildman–Crippen LogP) is 7.18. The van der Waals surface area contributed by atoms with Gasteiger partial charge >= 0.3 is 0 Å². The van der Waals surface area contributed by atoms with Gasteiger partial charge in [0.2, 0.25) is 0 Å². The number of rotatable bonds is 19. The van der Waals surface area contributed by atoms with Crippen LogP contribution in [-0.4, -0.2) is 0 Å². The van der Waals surface area contributed by atoms with Gasteiger partial charge in [0.1, 0.15) is 0 Å². The van der Waals surface area contributed by atoms with Crippen LogP contribution in [0.5, 0.6) is 0 Å². The fraction of sp³-hybridized carbons (Fsp3) is 0.909. The van der Waals surface area contributed by atoms with E-state index in [-0.39, 0.29) is 0 Å². The first-order valence-electron chi connectivity index (χ1n) is 11.0. The van der Waals surface area contributed by atoms with E-state index in [4.69, 9.17) is 11.5 Å². The van der Waals surface area contributed by atoms with Crippen LogP contribution >= 0.6 is 0 Å². The third-order valence-corrected chi connectivity index (χ3v) is 4.94. The number of allylic oxidation sites excluding steroid dienone is 1. The van der Waals surface area contributed by atoms with Crippen molar-refractivity contribution in [3.63, 3.8) is 0 Å². The lowest BCUT2D eigenvalue weighted by Crippen LogP contribution is -2.07. The van der Waals surface area contributed by atoms with Crippen molar-refractivity contribution in [2.24, 2.45) is 11.5 Å². The van der Waals surface area contributed by atoms with Gasteiger partial charge in [-0.05, 0) is 18.9 Å². The quantitative estimate of drug-likeness (QED) is 0.245. The summed E-state index contributed by atoms with van der Waals surface area (Å²) in [7, 11) is 0. The summed E-state index contributed by atoms with van der Waals surface area (Å²) in [6, 6.07) is 0. The molecule has 4 N–H and O–H groups in total. The first kappa shape index (κ1) is 23.3. The van der Waals surface area contributed by atoms with Crippen molar-refractivity contribution in [3.05, 3.63) is 11.9 Å². The lowest BCUT2D eigenvalue weighted by molar-refractivity contribution is 0.525. The van der Waals surface area contributed by atoms with Crippen molar-refractivity contribution >= 4 is 0 Å². The highest BCUT2D eigenvalue weighted by molar-refractivity contribution is 4.89. The van der Waals surface area contributed by atoms with Crippen LogP contribution in [0.3, 0.4) is 0 Å². The summed E-state index contributed by atoms with van der Waals surface area (Å²) in [6.45, 7) is 2.29. The SMILES string of the molecule is CCCCCCCCCCCCCCCCCCCCC=C(N)N. The second-order valence-electron chi connectivity index (χ2n) is 7.50. The monoisotopic (exact) mass is 338 g/mol. The first-order chi connectivity index (χ1) is 11.8. The molecule has 0 heterocycles. The van der Waals surface area contributed by atoms with E-state index in [1.807, 2.05) is 6.08 Å². The number of hydrogen-bond donors (Lipinski definition) is 2. The summed E-state index contributed by atoms with van der Waals surface area (Å²) in [5.41, 5.74) is 10.8. The molecular formula is C22H46N2. The second-order valence-corrected chi connectivity index (χ2v) is 7.50. The van der Waals surface area contributed by atoms with Gasteiger partial charge in [-0.2, -0.15) is 0 Å². The molecule has 144 valence electrons. The molecule has 0 atom stereocenters. The van der Waals surface area contributed by atoms with Gasteiger partial charge < -0.3 is 11.5 Å². The van der Waals surface area contributed by atoms with Crippen LogP contribution in [0.4, 0.5) is 0 Å². The molecule has 0 rings (SSSR count). The minimum atomic E-state index is 0.474. The van der Waals surface area contributed by atoms with Gasteiger partial charge in [-0.15, -0.1) is 0 Å². The van der Waals surface area contributed by atoms with Gasteiger partial charge in [-0.25, -0.2) is 0 Å². The third-order valence-electron chi connectivity index (χ3n) is 4.94. The Balaban J connectivity index is 2.99. The highest BCUT2D eigenvalue weighted by atomic mass is 14.8. The van der Waals surface area contributed by atoms with Crippen molar-refractivity contribution < 1.29 is 0 Å². The molecule has 0 aromatic carbocycles. The van der Waals surface area contributed by atoms with E-state index in [2.05, 4.69) is 6.92 Å². The maximum absolute atomic E-state index is 5.41. The van der Waals surface area contributed by atoms with Gasteiger partial charge in [-0.3, -0.25) is 0 Å². The predicted molar refractivity (Wildman–Crippen MR) is 110 cm³/mol. The van der Waals surface area contributed by atoms with E-state index in [9.17, 15) is 0 Å². The Morgan fingerprint density at radius 3 is 1.08 bits per heavy atom. The highest BCUT2D eigenvalue weighted by Crippen LogP contribution is 2.14. The summed E-state index contributed by atoms with van der Waals surface area (Å²) in [5, 5.41) is 0. The Bertz CT molecular complexity index is 257. The Hall–Kier alpha value is -0.660. The van der Waals surface area contributed by atoms with Crippen molar-refractivity contribution in [1.29, 1.82) is 0 Å². The Labute approximate surface area is 152 Å². The molecule has 0 unspecified atom stereocenters. The minimum absolute atomic E-state index is 0.474. The summed E-state index contributed by atoms with van der Waals surface area (Å²) in [5.74, 6) is 0.474. The average molecular weight is 339 g/mol. The molecule has 0 fully saturated rings. The molecule has 24 heavy (non-hydrogen) atoms. The van der Waals surface area contributed by atoms with Crippen molar-refractivity contribution in [2.45, 2.75) is 129 Å². The fourth-order valence-corrected chi connectivity index (χ4v) is 3.31. The number of nitrogens with two attached hydrogens (primary N) is 2. The molecule has 0 aromatic heterocycles. The minimum Gasteiger partial charge on any atom is -0.386 e. The summed E-state index contributed by atoms with van der Waals surface area (Å²) < 4.78 is 0. The number of unbranched alkanes of at least 4 members (excludes halogenated alkanes) is 18. The second kappa shape index (κ2) is 20.4. The van der Waals surface area contributed by atoms with Crippen LogP contribution in [0.25, 0.3) is 0 Å². The van der Waals surface area contributed by atoms with Crippen molar-refractivity contribution in [3.8, 4) is 0 Å².